The van der Waals surface area contributed by atoms with Gasteiger partial charge >= 0.3 is 0 Å². The summed E-state index contributed by atoms with van der Waals surface area (Å²) in [5, 5.41) is 35.4. The number of hydrogen-bond acceptors (Lipinski definition) is 10. The Kier molecular flexibility index (Phi) is 25.2. The molecule has 4 heterocycles. The quantitative estimate of drug-likeness (QED) is 0.0569. The van der Waals surface area contributed by atoms with Gasteiger partial charge in [-0.3, -0.25) is 4.79 Å². The van der Waals surface area contributed by atoms with Crippen LogP contribution in [0.3, 0.4) is 0 Å². The number of nitrogens with zero attached hydrogens (tertiary/aromatic N) is 7. The largest absolute Gasteiger partial charge is 0.390 e. The molecule has 4 N–H and O–H groups in total. The molecule has 0 spiro atoms. The van der Waals surface area contributed by atoms with Gasteiger partial charge in [-0.2, -0.15) is 15.3 Å². The van der Waals surface area contributed by atoms with Crippen molar-refractivity contribution in [1.82, 2.24) is 49.2 Å². The van der Waals surface area contributed by atoms with Gasteiger partial charge < -0.3 is 10.4 Å². The maximum absolute atomic E-state index is 14.9. The summed E-state index contributed by atoms with van der Waals surface area (Å²) in [7, 11) is -7.26. The molecule has 0 radical (unpaired) electrons. The maximum atomic E-state index is 14.9. The van der Waals surface area contributed by atoms with Crippen LogP contribution in [0, 0.1) is 23.4 Å². The van der Waals surface area contributed by atoms with E-state index in [1.54, 1.807) is 47.5 Å². The van der Waals surface area contributed by atoms with Crippen LogP contribution in [0.15, 0.2) is 162 Å². The Bertz CT molecular complexity index is 5410. The highest BCUT2D eigenvalue weighted by atomic mass is 35.5. The first-order valence-corrected chi connectivity index (χ1v) is 42.9. The van der Waals surface area contributed by atoms with E-state index in [-0.39, 0.29) is 41.0 Å². The summed E-state index contributed by atoms with van der Waals surface area (Å²) in [5.41, 5.74) is 13.3. The van der Waals surface area contributed by atoms with Crippen LogP contribution >= 0.6 is 69.6 Å². The number of carbonyl (C=O) groups excluding carboxylic acids is 1. The Hall–Kier alpha value is -7.61. The number of benzene rings is 7. The Balaban J connectivity index is 0.000000139. The Labute approximate surface area is 675 Å². The van der Waals surface area contributed by atoms with Gasteiger partial charge in [0, 0.05) is 97.0 Å². The average Bonchev–Trinajstić information content (AvgIpc) is 1.61. The molecule has 3 unspecified atom stereocenters. The smallest absolute Gasteiger partial charge is 0.272 e. The molecule has 5 aliphatic carbocycles. The number of rotatable bonds is 20. The first kappa shape index (κ1) is 80.0. The van der Waals surface area contributed by atoms with Gasteiger partial charge in [-0.1, -0.05) is 156 Å². The van der Waals surface area contributed by atoms with Crippen LogP contribution in [-0.2, 0) is 65.0 Å². The summed E-state index contributed by atoms with van der Waals surface area (Å²) in [6.07, 6.45) is 18.4. The molecule has 2 fully saturated rings. The maximum Gasteiger partial charge on any atom is 0.272 e. The van der Waals surface area contributed by atoms with E-state index in [9.17, 15) is 39.9 Å². The van der Waals surface area contributed by atoms with Crippen LogP contribution in [0.2, 0.25) is 30.1 Å². The first-order valence-electron chi connectivity index (χ1n) is 37.6. The minimum atomic E-state index is -3.64. The molecule has 1 saturated carbocycles. The molecule has 111 heavy (non-hydrogen) atoms. The lowest BCUT2D eigenvalue weighted by Gasteiger charge is -2.27. The highest BCUT2D eigenvalue weighted by Crippen LogP contribution is 2.45. The monoisotopic (exact) mass is 1660 g/mol. The minimum absolute atomic E-state index is 0.0362. The minimum Gasteiger partial charge on any atom is -0.390 e. The van der Waals surface area contributed by atoms with Crippen molar-refractivity contribution in [2.75, 3.05) is 13.1 Å². The summed E-state index contributed by atoms with van der Waals surface area (Å²) < 4.78 is 102. The fraction of sp³-hybridized carbons (Fsp3) is 0.333. The molecule has 1 saturated heterocycles. The van der Waals surface area contributed by atoms with Gasteiger partial charge in [0.2, 0.25) is 20.0 Å². The van der Waals surface area contributed by atoms with Crippen LogP contribution < -0.4 is 14.9 Å². The number of aromatic nitrogens is 6. The number of hydrogen-bond donors (Lipinski definition) is 4. The normalized spacial score (nSPS) is 19.3. The second-order valence-electron chi connectivity index (χ2n) is 29.5. The van der Waals surface area contributed by atoms with Crippen molar-refractivity contribution in [3.05, 3.63) is 289 Å². The first-order chi connectivity index (χ1) is 53.4. The molecular formula is C84H83Cl6F3N10O6S2. The van der Waals surface area contributed by atoms with Crippen molar-refractivity contribution in [2.45, 2.75) is 158 Å². The number of carbonyl (C=O) groups is 1. The Morgan fingerprint density at radius 1 is 0.532 bits per heavy atom. The molecular weight excluding hydrogens is 1580 g/mol. The topological polar surface area (TPSA) is 198 Å². The van der Waals surface area contributed by atoms with Crippen LogP contribution in [0.25, 0.3) is 29.2 Å². The lowest BCUT2D eigenvalue weighted by Crippen LogP contribution is -2.44. The molecule has 6 atom stereocenters. The second kappa shape index (κ2) is 35.0. The van der Waals surface area contributed by atoms with Crippen molar-refractivity contribution in [1.29, 1.82) is 0 Å². The summed E-state index contributed by atoms with van der Waals surface area (Å²) in [5.74, 6) is -1.72. The zero-order chi connectivity index (χ0) is 77.8. The Morgan fingerprint density at radius 3 is 1.57 bits per heavy atom. The van der Waals surface area contributed by atoms with Crippen molar-refractivity contribution in [2.24, 2.45) is 5.92 Å². The van der Waals surface area contributed by atoms with Crippen molar-refractivity contribution < 1.29 is 39.9 Å². The predicted octanol–water partition coefficient (Wildman–Crippen LogP) is 19.3. The highest BCUT2D eigenvalue weighted by molar-refractivity contribution is 7.92. The number of hydrazine groups is 1. The standard InChI is InChI=1S/C29H32Cl3N3O2S.C29H24F3N3O2.C26H27Cl3N4O2S/c1-19(21-7-3-2-4-8-21)34-38(36,37)15-14-27-25-12-10-22(16-20-6-5-9-23(30)17-20)29(25)35(33-27)28-13-11-24(31)18-26(28)32;30-19-6-3-4-16(13-19)12-18-8-10-22-27(34-35(28(18)22)24-11-9-20(31)15-23(24)32)29(37)33-26-21-7-2-1-5-17(21)14-25(26)36;27-20-6-4-5-18(16-20)15-19-7-9-22-24(11-14-36(34,35)31-32-12-2-1-3-13-32)30-33(26(19)22)25-10-8-21(28)17-23(25)29/h5-6,9,11,13-15,17-19,21-22,34H,2-4,7-8,10,12,16H2,1H3;1-7,9,11,13,15,18,25-26,36H,8,10,12,14H2,(H,33,37);4-6,8,10-11,14,16-17,19,31H,1-3,7,9,12-13,15H2/b15-14+;;14-11+/t19-,22?;18?,25-,26+;/m00./s1. The third-order valence-corrected chi connectivity index (χ3v) is 25.6. The van der Waals surface area contributed by atoms with E-state index in [2.05, 4.69) is 32.1 Å². The van der Waals surface area contributed by atoms with E-state index in [1.807, 2.05) is 95.2 Å². The molecule has 10 aromatic rings. The van der Waals surface area contributed by atoms with E-state index < -0.39 is 49.7 Å². The summed E-state index contributed by atoms with van der Waals surface area (Å²) in [6.45, 7) is 3.41. The second-order valence-corrected chi connectivity index (χ2v) is 35.2. The molecule has 3 aromatic heterocycles. The van der Waals surface area contributed by atoms with E-state index in [0.29, 0.717) is 90.1 Å². The number of aliphatic hydroxyl groups excluding tert-OH is 1. The third-order valence-electron chi connectivity index (χ3n) is 21.9. The summed E-state index contributed by atoms with van der Waals surface area (Å²) >= 11 is 37.9. The highest BCUT2D eigenvalue weighted by Gasteiger charge is 2.39. The Morgan fingerprint density at radius 2 is 1.02 bits per heavy atom. The molecule has 1 aliphatic heterocycles. The van der Waals surface area contributed by atoms with E-state index in [1.165, 1.54) is 53.0 Å². The van der Waals surface area contributed by atoms with Gasteiger partial charge in [0.05, 0.1) is 62.0 Å². The SMILES string of the molecule is C[C@H](NS(=O)(=O)/C=C/c1nn(-c2ccc(Cl)cc2Cl)c2c1CCC2Cc1cccc(Cl)c1)C1CCCCC1.O=C(N[C@@H]1c2ccccc2C[C@@H]1O)c1nn(-c2ccc(F)cc2F)c2c1CCC2Cc1cccc(F)c1.O=S(=O)(/C=C/c1nn(-c2ccc(Cl)cc2Cl)c2c1CCC2Cc1cccc(Cl)c1)NN1CCCCC1. The third kappa shape index (κ3) is 18.9. The van der Waals surface area contributed by atoms with Gasteiger partial charge in [0.25, 0.3) is 5.91 Å². The van der Waals surface area contributed by atoms with Crippen molar-refractivity contribution >= 4 is 108 Å². The lowest BCUT2D eigenvalue weighted by atomic mass is 9.85. The van der Waals surface area contributed by atoms with Crippen LogP contribution in [0.1, 0.15) is 185 Å². The van der Waals surface area contributed by atoms with E-state index in [4.69, 9.17) is 79.8 Å². The number of sulfonamides is 2. The van der Waals surface area contributed by atoms with Crippen LogP contribution in [-0.4, -0.2) is 87.4 Å². The number of amides is 1. The predicted molar refractivity (Wildman–Crippen MR) is 434 cm³/mol. The zero-order valence-corrected chi connectivity index (χ0v) is 66.9. The molecule has 580 valence electrons. The molecule has 16 rings (SSSR count). The fourth-order valence-electron chi connectivity index (χ4n) is 16.7. The molecule has 27 heteroatoms. The zero-order valence-electron chi connectivity index (χ0n) is 60.8. The summed E-state index contributed by atoms with van der Waals surface area (Å²) in [4.78, 5) is 16.2. The number of halogens is 9. The van der Waals surface area contributed by atoms with E-state index in [0.717, 1.165) is 152 Å². The van der Waals surface area contributed by atoms with Crippen LogP contribution in [0.4, 0.5) is 13.2 Å². The van der Waals surface area contributed by atoms with E-state index >= 15 is 0 Å². The van der Waals surface area contributed by atoms with Gasteiger partial charge in [-0.05, 0) is 221 Å². The van der Waals surface area contributed by atoms with Crippen molar-refractivity contribution in [3.8, 4) is 17.1 Å². The number of aliphatic hydroxyl groups is 1. The number of fused-ring (bicyclic) bond motifs is 4. The average molecular weight is 1660 g/mol. The van der Waals surface area contributed by atoms with Gasteiger partial charge in [0.15, 0.2) is 11.5 Å². The van der Waals surface area contributed by atoms with Crippen LogP contribution in [0.5, 0.6) is 0 Å². The molecule has 6 aliphatic rings. The number of nitrogens with one attached hydrogen (secondary N) is 3. The fourth-order valence-corrected chi connectivity index (χ4v) is 20.1. The molecule has 1 amide bonds. The molecule has 16 nitrogen and oxygen atoms in total. The van der Waals surface area contributed by atoms with Gasteiger partial charge in [0.1, 0.15) is 17.3 Å². The molecule has 0 bridgehead atoms. The number of piperidine rings is 1. The lowest BCUT2D eigenvalue weighted by molar-refractivity contribution is 0.0852. The van der Waals surface area contributed by atoms with Crippen molar-refractivity contribution in [3.63, 3.8) is 0 Å². The van der Waals surface area contributed by atoms with Gasteiger partial charge in [-0.15, -0.1) is 4.83 Å². The summed E-state index contributed by atoms with van der Waals surface area (Å²) in [6, 6.07) is 42.8. The molecule has 7 aromatic carbocycles. The van der Waals surface area contributed by atoms with Gasteiger partial charge in [-0.25, -0.2) is 53.8 Å².